The van der Waals surface area contributed by atoms with Crippen molar-refractivity contribution in [1.29, 1.82) is 0 Å². The minimum absolute atomic E-state index is 0.0332. The molecular weight excluding hydrogens is 274 g/mol. The lowest BCUT2D eigenvalue weighted by Crippen LogP contribution is -2.23. The third kappa shape index (κ3) is 2.86. The molecule has 112 valence electrons. The monoisotopic (exact) mass is 293 g/mol. The molecule has 0 saturated heterocycles. The Morgan fingerprint density at radius 1 is 1.00 bits per heavy atom. The summed E-state index contributed by atoms with van der Waals surface area (Å²) >= 11 is 0. The van der Waals surface area contributed by atoms with Gasteiger partial charge in [0.1, 0.15) is 0 Å². The number of hydrogen-bond donors (Lipinski definition) is 0. The molecule has 1 aromatic carbocycles. The minimum Gasteiger partial charge on any atom is -0.294 e. The van der Waals surface area contributed by atoms with Crippen molar-refractivity contribution in [2.45, 2.75) is 26.3 Å². The summed E-state index contributed by atoms with van der Waals surface area (Å²) in [7, 11) is 0. The molecule has 0 bridgehead atoms. The van der Waals surface area contributed by atoms with Gasteiger partial charge < -0.3 is 0 Å². The molecular formula is C18H19N3O. The van der Waals surface area contributed by atoms with Crippen LogP contribution in [0.15, 0.2) is 66.0 Å². The topological polar surface area (TPSA) is 39.8 Å². The third-order valence-electron chi connectivity index (χ3n) is 3.79. The van der Waals surface area contributed by atoms with Gasteiger partial charge in [-0.05, 0) is 41.3 Å². The Labute approximate surface area is 129 Å². The van der Waals surface area contributed by atoms with Gasteiger partial charge in [-0.1, -0.05) is 26.0 Å². The van der Waals surface area contributed by atoms with Gasteiger partial charge in [0.25, 0.3) is 0 Å². The molecule has 0 spiro atoms. The van der Waals surface area contributed by atoms with Crippen molar-refractivity contribution < 1.29 is 0 Å². The Morgan fingerprint density at radius 3 is 2.32 bits per heavy atom. The second kappa shape index (κ2) is 6.02. The molecule has 3 rings (SSSR count). The Kier molecular flexibility index (Phi) is 3.92. The number of pyridine rings is 1. The lowest BCUT2D eigenvalue weighted by Gasteiger charge is -2.07. The van der Waals surface area contributed by atoms with Crippen LogP contribution < -0.4 is 5.69 Å². The molecule has 4 nitrogen and oxygen atoms in total. The Bertz CT molecular complexity index is 798. The average Bonchev–Trinajstić information content (AvgIpc) is 2.89. The number of imidazole rings is 1. The fourth-order valence-electron chi connectivity index (χ4n) is 2.43. The first-order chi connectivity index (χ1) is 10.6. The van der Waals surface area contributed by atoms with Crippen molar-refractivity contribution >= 4 is 0 Å². The molecule has 22 heavy (non-hydrogen) atoms. The van der Waals surface area contributed by atoms with Crippen molar-refractivity contribution in [1.82, 2.24) is 14.1 Å². The summed E-state index contributed by atoms with van der Waals surface area (Å²) in [5, 5.41) is 0. The normalized spacial score (nSPS) is 11.0. The summed E-state index contributed by atoms with van der Waals surface area (Å²) in [6, 6.07) is 12.0. The summed E-state index contributed by atoms with van der Waals surface area (Å²) in [6.07, 6.45) is 7.11. The zero-order valence-electron chi connectivity index (χ0n) is 12.8. The zero-order chi connectivity index (χ0) is 15.5. The van der Waals surface area contributed by atoms with Gasteiger partial charge >= 0.3 is 5.69 Å². The van der Waals surface area contributed by atoms with Crippen molar-refractivity contribution in [3.05, 3.63) is 82.8 Å². The molecule has 0 fully saturated rings. The quantitative estimate of drug-likeness (QED) is 0.741. The van der Waals surface area contributed by atoms with Gasteiger partial charge in [-0.3, -0.25) is 14.1 Å². The fourth-order valence-corrected chi connectivity index (χ4v) is 2.43. The smallest absolute Gasteiger partial charge is 0.294 e. The van der Waals surface area contributed by atoms with Crippen LogP contribution in [0.2, 0.25) is 0 Å². The van der Waals surface area contributed by atoms with Gasteiger partial charge in [-0.2, -0.15) is 0 Å². The predicted molar refractivity (Wildman–Crippen MR) is 87.5 cm³/mol. The van der Waals surface area contributed by atoms with E-state index in [1.54, 1.807) is 21.5 Å². The van der Waals surface area contributed by atoms with Crippen LogP contribution in [0.25, 0.3) is 5.69 Å². The molecule has 0 aliphatic heterocycles. The van der Waals surface area contributed by atoms with Crippen LogP contribution in [0, 0.1) is 0 Å². The van der Waals surface area contributed by atoms with Gasteiger partial charge in [-0.15, -0.1) is 0 Å². The largest absolute Gasteiger partial charge is 0.333 e. The van der Waals surface area contributed by atoms with Crippen LogP contribution in [0.3, 0.4) is 0 Å². The van der Waals surface area contributed by atoms with E-state index in [0.717, 1.165) is 11.3 Å². The lowest BCUT2D eigenvalue weighted by molar-refractivity contribution is 0.741. The SMILES string of the molecule is CC(C)c1ccc(-n2ccn(Cc3ccncc3)c2=O)cc1. The highest BCUT2D eigenvalue weighted by atomic mass is 16.1. The van der Waals surface area contributed by atoms with Crippen LogP contribution in [0.1, 0.15) is 30.9 Å². The Balaban J connectivity index is 1.88. The van der Waals surface area contributed by atoms with Crippen molar-refractivity contribution in [2.24, 2.45) is 0 Å². The molecule has 0 aliphatic carbocycles. The highest BCUT2D eigenvalue weighted by Gasteiger charge is 2.06. The standard InChI is InChI=1S/C18H19N3O/c1-14(2)16-3-5-17(6-4-16)21-12-11-20(18(21)22)13-15-7-9-19-10-8-15/h3-12,14H,13H2,1-2H3. The summed E-state index contributed by atoms with van der Waals surface area (Å²) < 4.78 is 3.37. The minimum atomic E-state index is -0.0332. The maximum atomic E-state index is 12.5. The van der Waals surface area contributed by atoms with Gasteiger partial charge in [-0.25, -0.2) is 4.79 Å². The van der Waals surface area contributed by atoms with Crippen LogP contribution in [-0.2, 0) is 6.54 Å². The van der Waals surface area contributed by atoms with E-state index in [0.29, 0.717) is 12.5 Å². The molecule has 0 amide bonds. The summed E-state index contributed by atoms with van der Waals surface area (Å²) in [4.78, 5) is 16.5. The van der Waals surface area contributed by atoms with Crippen LogP contribution in [0.5, 0.6) is 0 Å². The van der Waals surface area contributed by atoms with E-state index < -0.39 is 0 Å². The number of rotatable bonds is 4. The third-order valence-corrected chi connectivity index (χ3v) is 3.79. The van der Waals surface area contributed by atoms with Crippen molar-refractivity contribution in [3.63, 3.8) is 0 Å². The van der Waals surface area contributed by atoms with E-state index in [-0.39, 0.29) is 5.69 Å². The van der Waals surface area contributed by atoms with Crippen LogP contribution >= 0.6 is 0 Å². The van der Waals surface area contributed by atoms with E-state index in [1.807, 2.05) is 36.7 Å². The summed E-state index contributed by atoms with van der Waals surface area (Å²) in [5.41, 5.74) is 3.19. The Morgan fingerprint density at radius 2 is 1.68 bits per heavy atom. The molecule has 0 saturated carbocycles. The average molecular weight is 293 g/mol. The van der Waals surface area contributed by atoms with E-state index in [9.17, 15) is 4.79 Å². The van der Waals surface area contributed by atoms with E-state index in [1.165, 1.54) is 5.56 Å². The molecule has 3 aromatic rings. The second-order valence-electron chi connectivity index (χ2n) is 5.68. The number of nitrogens with zero attached hydrogens (tertiary/aromatic N) is 3. The maximum absolute atomic E-state index is 12.5. The number of benzene rings is 1. The summed E-state index contributed by atoms with van der Waals surface area (Å²) in [6.45, 7) is 4.87. The first kappa shape index (κ1) is 14.3. The maximum Gasteiger partial charge on any atom is 0.333 e. The highest BCUT2D eigenvalue weighted by Crippen LogP contribution is 2.16. The van der Waals surface area contributed by atoms with E-state index in [2.05, 4.69) is 31.0 Å². The molecule has 0 aliphatic rings. The number of hydrogen-bond acceptors (Lipinski definition) is 2. The molecule has 2 aromatic heterocycles. The van der Waals surface area contributed by atoms with Gasteiger partial charge in [0.2, 0.25) is 0 Å². The van der Waals surface area contributed by atoms with Gasteiger partial charge in [0.05, 0.1) is 12.2 Å². The van der Waals surface area contributed by atoms with Crippen LogP contribution in [-0.4, -0.2) is 14.1 Å². The lowest BCUT2D eigenvalue weighted by atomic mass is 10.0. The molecule has 2 heterocycles. The highest BCUT2D eigenvalue weighted by molar-refractivity contribution is 5.35. The van der Waals surface area contributed by atoms with Gasteiger partial charge in [0, 0.05) is 24.8 Å². The molecule has 4 heteroatoms. The first-order valence-electron chi connectivity index (χ1n) is 7.42. The number of aromatic nitrogens is 3. The first-order valence-corrected chi connectivity index (χ1v) is 7.42. The molecule has 0 radical (unpaired) electrons. The summed E-state index contributed by atoms with van der Waals surface area (Å²) in [5.74, 6) is 0.488. The van der Waals surface area contributed by atoms with E-state index in [4.69, 9.17) is 0 Å². The Hall–Kier alpha value is -2.62. The van der Waals surface area contributed by atoms with E-state index >= 15 is 0 Å². The zero-order valence-corrected chi connectivity index (χ0v) is 12.8. The van der Waals surface area contributed by atoms with Gasteiger partial charge in [0.15, 0.2) is 0 Å². The molecule has 0 N–H and O–H groups in total. The molecule has 0 unspecified atom stereocenters. The second-order valence-corrected chi connectivity index (χ2v) is 5.68. The fraction of sp³-hybridized carbons (Fsp3) is 0.222. The van der Waals surface area contributed by atoms with Crippen molar-refractivity contribution in [3.8, 4) is 5.69 Å². The van der Waals surface area contributed by atoms with Crippen molar-refractivity contribution in [2.75, 3.05) is 0 Å². The van der Waals surface area contributed by atoms with Crippen LogP contribution in [0.4, 0.5) is 0 Å². The predicted octanol–water partition coefficient (Wildman–Crippen LogP) is 3.21. The molecule has 0 atom stereocenters.